The first-order chi connectivity index (χ1) is 8.20. The van der Waals surface area contributed by atoms with E-state index in [0.29, 0.717) is 22.5 Å². The highest BCUT2D eigenvalue weighted by molar-refractivity contribution is 7.99. The molecule has 0 radical (unpaired) electrons. The predicted octanol–water partition coefficient (Wildman–Crippen LogP) is 3.31. The van der Waals surface area contributed by atoms with Crippen molar-refractivity contribution >= 4 is 23.1 Å². The standard InChI is InChI=1S/C11H11N3OS2/c1-7(2)17-6-9-13-11(15-14-9)10-8(5-12)3-4-16-10/h3-4,7H,6H2,1-2H3. The maximum Gasteiger partial charge on any atom is 0.269 e. The zero-order valence-electron chi connectivity index (χ0n) is 9.51. The molecule has 0 spiro atoms. The molecule has 0 aliphatic rings. The molecule has 0 saturated heterocycles. The largest absolute Gasteiger partial charge is 0.333 e. The van der Waals surface area contributed by atoms with Gasteiger partial charge in [-0.15, -0.1) is 11.3 Å². The van der Waals surface area contributed by atoms with E-state index >= 15 is 0 Å². The number of rotatable bonds is 4. The van der Waals surface area contributed by atoms with Crippen LogP contribution in [0, 0.1) is 11.3 Å². The molecule has 0 fully saturated rings. The Hall–Kier alpha value is -1.32. The van der Waals surface area contributed by atoms with E-state index in [1.807, 2.05) is 5.38 Å². The van der Waals surface area contributed by atoms with E-state index in [4.69, 9.17) is 9.78 Å². The summed E-state index contributed by atoms with van der Waals surface area (Å²) in [6.45, 7) is 4.25. The van der Waals surface area contributed by atoms with Crippen LogP contribution >= 0.6 is 23.1 Å². The minimum Gasteiger partial charge on any atom is -0.333 e. The van der Waals surface area contributed by atoms with Crippen LogP contribution in [0.4, 0.5) is 0 Å². The number of thiophene rings is 1. The number of hydrogen-bond donors (Lipinski definition) is 0. The highest BCUT2D eigenvalue weighted by Gasteiger charge is 2.14. The summed E-state index contributed by atoms with van der Waals surface area (Å²) in [5.74, 6) is 1.85. The Labute approximate surface area is 108 Å². The molecule has 2 aromatic rings. The summed E-state index contributed by atoms with van der Waals surface area (Å²) in [6.07, 6.45) is 0. The molecule has 0 aliphatic heterocycles. The van der Waals surface area contributed by atoms with Crippen molar-refractivity contribution in [1.29, 1.82) is 5.26 Å². The van der Waals surface area contributed by atoms with Crippen LogP contribution in [0.3, 0.4) is 0 Å². The Kier molecular flexibility index (Phi) is 3.82. The number of aromatic nitrogens is 2. The molecule has 0 atom stereocenters. The van der Waals surface area contributed by atoms with E-state index in [1.165, 1.54) is 11.3 Å². The molecule has 0 saturated carbocycles. The van der Waals surface area contributed by atoms with Gasteiger partial charge in [-0.3, -0.25) is 0 Å². The van der Waals surface area contributed by atoms with Crippen LogP contribution in [0.15, 0.2) is 16.0 Å². The first-order valence-corrected chi connectivity index (χ1v) is 7.05. The van der Waals surface area contributed by atoms with Crippen molar-refractivity contribution in [3.63, 3.8) is 0 Å². The second-order valence-electron chi connectivity index (χ2n) is 3.65. The van der Waals surface area contributed by atoms with Gasteiger partial charge in [0.25, 0.3) is 5.89 Å². The van der Waals surface area contributed by atoms with Crippen molar-refractivity contribution in [2.75, 3.05) is 0 Å². The monoisotopic (exact) mass is 265 g/mol. The number of hydrogen-bond acceptors (Lipinski definition) is 6. The average Bonchev–Trinajstić information content (AvgIpc) is 2.94. The zero-order valence-corrected chi connectivity index (χ0v) is 11.1. The number of nitrogens with zero attached hydrogens (tertiary/aromatic N) is 3. The lowest BCUT2D eigenvalue weighted by Crippen LogP contribution is -1.90. The summed E-state index contributed by atoms with van der Waals surface area (Å²) >= 11 is 3.20. The molecule has 0 aromatic carbocycles. The van der Waals surface area contributed by atoms with Gasteiger partial charge >= 0.3 is 0 Å². The van der Waals surface area contributed by atoms with E-state index in [-0.39, 0.29) is 0 Å². The maximum atomic E-state index is 8.91. The van der Waals surface area contributed by atoms with E-state index in [0.717, 1.165) is 10.6 Å². The molecule has 0 amide bonds. The Morgan fingerprint density at radius 2 is 2.41 bits per heavy atom. The normalized spacial score (nSPS) is 10.7. The Morgan fingerprint density at radius 3 is 3.12 bits per heavy atom. The van der Waals surface area contributed by atoms with Crippen LogP contribution in [0.1, 0.15) is 25.2 Å². The molecule has 2 heterocycles. The highest BCUT2D eigenvalue weighted by Crippen LogP contribution is 2.28. The smallest absolute Gasteiger partial charge is 0.269 e. The minimum absolute atomic E-state index is 0.441. The van der Waals surface area contributed by atoms with E-state index < -0.39 is 0 Å². The second kappa shape index (κ2) is 5.34. The minimum atomic E-state index is 0.441. The van der Waals surface area contributed by atoms with E-state index in [9.17, 15) is 0 Å². The lowest BCUT2D eigenvalue weighted by atomic mass is 10.3. The second-order valence-corrected chi connectivity index (χ2v) is 6.13. The summed E-state index contributed by atoms with van der Waals surface area (Å²) in [5, 5.41) is 15.2. The molecular formula is C11H11N3OS2. The lowest BCUT2D eigenvalue weighted by molar-refractivity contribution is 0.426. The van der Waals surface area contributed by atoms with Crippen molar-refractivity contribution < 1.29 is 4.52 Å². The summed E-state index contributed by atoms with van der Waals surface area (Å²) in [5.41, 5.74) is 0.585. The van der Waals surface area contributed by atoms with Crippen LogP contribution in [0.2, 0.25) is 0 Å². The Bertz CT molecular complexity index is 539. The molecule has 0 unspecified atom stereocenters. The third-order valence-corrected chi connectivity index (χ3v) is 3.99. The Morgan fingerprint density at radius 1 is 1.59 bits per heavy atom. The SMILES string of the molecule is CC(C)SCc1noc(-c2sccc2C#N)n1. The van der Waals surface area contributed by atoms with Crippen molar-refractivity contribution in [2.45, 2.75) is 24.9 Å². The zero-order chi connectivity index (χ0) is 12.3. The van der Waals surface area contributed by atoms with Gasteiger partial charge in [-0.1, -0.05) is 19.0 Å². The van der Waals surface area contributed by atoms with Crippen LogP contribution in [0.5, 0.6) is 0 Å². The Balaban J connectivity index is 2.16. The maximum absolute atomic E-state index is 8.91. The predicted molar refractivity (Wildman–Crippen MR) is 68.8 cm³/mol. The molecule has 0 aliphatic carbocycles. The van der Waals surface area contributed by atoms with Gasteiger partial charge in [0.05, 0.1) is 11.3 Å². The lowest BCUT2D eigenvalue weighted by Gasteiger charge is -1.98. The molecule has 6 heteroatoms. The quantitative estimate of drug-likeness (QED) is 0.848. The fourth-order valence-electron chi connectivity index (χ4n) is 1.21. The number of thioether (sulfide) groups is 1. The van der Waals surface area contributed by atoms with Gasteiger partial charge in [-0.2, -0.15) is 22.0 Å². The first-order valence-electron chi connectivity index (χ1n) is 5.13. The molecular weight excluding hydrogens is 254 g/mol. The third kappa shape index (κ3) is 2.87. The van der Waals surface area contributed by atoms with Crippen molar-refractivity contribution in [3.05, 3.63) is 22.8 Å². The van der Waals surface area contributed by atoms with Crippen molar-refractivity contribution in [2.24, 2.45) is 0 Å². The number of nitriles is 1. The third-order valence-electron chi connectivity index (χ3n) is 1.99. The molecule has 88 valence electrons. The van der Waals surface area contributed by atoms with Crippen LogP contribution < -0.4 is 0 Å². The van der Waals surface area contributed by atoms with Gasteiger partial charge in [-0.25, -0.2) is 0 Å². The fourth-order valence-corrected chi connectivity index (χ4v) is 2.57. The molecule has 17 heavy (non-hydrogen) atoms. The van der Waals surface area contributed by atoms with Gasteiger partial charge in [0.15, 0.2) is 5.82 Å². The van der Waals surface area contributed by atoms with Crippen LogP contribution in [-0.4, -0.2) is 15.4 Å². The summed E-state index contributed by atoms with van der Waals surface area (Å²) in [7, 11) is 0. The molecule has 2 aromatic heterocycles. The summed E-state index contributed by atoms with van der Waals surface area (Å²) in [4.78, 5) is 5.04. The van der Waals surface area contributed by atoms with E-state index in [2.05, 4.69) is 30.1 Å². The highest BCUT2D eigenvalue weighted by atomic mass is 32.2. The van der Waals surface area contributed by atoms with Gasteiger partial charge in [0.1, 0.15) is 10.9 Å². The molecule has 4 nitrogen and oxygen atoms in total. The topological polar surface area (TPSA) is 62.7 Å². The first kappa shape index (κ1) is 12.1. The van der Waals surface area contributed by atoms with Crippen molar-refractivity contribution in [1.82, 2.24) is 10.1 Å². The average molecular weight is 265 g/mol. The summed E-state index contributed by atoms with van der Waals surface area (Å²) in [6, 6.07) is 3.87. The van der Waals surface area contributed by atoms with Gasteiger partial charge in [-0.05, 0) is 16.7 Å². The molecule has 0 N–H and O–H groups in total. The van der Waals surface area contributed by atoms with Crippen molar-refractivity contribution in [3.8, 4) is 16.8 Å². The van der Waals surface area contributed by atoms with Gasteiger partial charge < -0.3 is 4.52 Å². The van der Waals surface area contributed by atoms with Gasteiger partial charge in [0.2, 0.25) is 0 Å². The van der Waals surface area contributed by atoms with Crippen LogP contribution in [0.25, 0.3) is 10.8 Å². The summed E-state index contributed by atoms with van der Waals surface area (Å²) < 4.78 is 5.17. The molecule has 2 rings (SSSR count). The van der Waals surface area contributed by atoms with Gasteiger partial charge in [0, 0.05) is 0 Å². The van der Waals surface area contributed by atoms with Crippen LogP contribution in [-0.2, 0) is 5.75 Å². The fraction of sp³-hybridized carbons (Fsp3) is 0.364. The molecule has 0 bridgehead atoms. The van der Waals surface area contributed by atoms with E-state index in [1.54, 1.807) is 17.8 Å².